The Balaban J connectivity index is 0.00000121. The fraction of sp³-hybridized carbons (Fsp3) is 0. The van der Waals surface area contributed by atoms with Crippen molar-refractivity contribution < 1.29 is 64.2 Å². The quantitative estimate of drug-likeness (QED) is 0.537. The van der Waals surface area contributed by atoms with Crippen LogP contribution in [0.4, 0.5) is 4.39 Å². The van der Waals surface area contributed by atoms with Gasteiger partial charge in [0.15, 0.2) is 0 Å². The fourth-order valence-corrected chi connectivity index (χ4v) is 1.16. The molecule has 0 fully saturated rings. The molecular weight excluding hydrogens is 208 g/mol. The normalized spacial score (nSPS) is 10.5. The predicted octanol–water partition coefficient (Wildman–Crippen LogP) is -1.43. The predicted molar refractivity (Wildman–Crippen MR) is 37.9 cm³/mol. The van der Waals surface area contributed by atoms with E-state index < -0.39 is 15.8 Å². The van der Waals surface area contributed by atoms with Gasteiger partial charge >= 0.3 is 51.4 Å². The van der Waals surface area contributed by atoms with E-state index in [1.54, 1.807) is 0 Å². The van der Waals surface area contributed by atoms with E-state index in [1.165, 1.54) is 12.1 Å². The molecule has 1 aromatic rings. The van der Waals surface area contributed by atoms with Gasteiger partial charge in [-0.1, -0.05) is 6.07 Å². The maximum absolute atomic E-state index is 12.3. The van der Waals surface area contributed by atoms with Crippen LogP contribution < -0.4 is 51.4 Å². The van der Waals surface area contributed by atoms with Crippen LogP contribution in [-0.2, 0) is 10.0 Å². The maximum atomic E-state index is 12.3. The fourth-order valence-electron chi connectivity index (χ4n) is 0.634. The van der Waals surface area contributed by atoms with Crippen molar-refractivity contribution in [2.24, 2.45) is 0 Å². The van der Waals surface area contributed by atoms with E-state index in [4.69, 9.17) is 5.14 Å². The van der Waals surface area contributed by atoms with Gasteiger partial charge in [0.25, 0.3) is 0 Å². The smallest absolute Gasteiger partial charge is 0.560 e. The van der Waals surface area contributed by atoms with E-state index in [1.807, 2.05) is 0 Å². The Labute approximate surface area is 113 Å². The number of hydrogen-bond acceptors (Lipinski definition) is 2. The molecule has 60 valence electrons. The van der Waals surface area contributed by atoms with Crippen LogP contribution in [0.25, 0.3) is 5.14 Å². The Morgan fingerprint density at radius 1 is 1.33 bits per heavy atom. The van der Waals surface area contributed by atoms with Crippen LogP contribution in [0, 0.1) is 5.82 Å². The van der Waals surface area contributed by atoms with Gasteiger partial charge in [-0.15, -0.1) is 0 Å². The molecule has 0 heterocycles. The van der Waals surface area contributed by atoms with Gasteiger partial charge in [0.2, 0.25) is 0 Å². The summed E-state index contributed by atoms with van der Waals surface area (Å²) < 4.78 is 33.3. The Morgan fingerprint density at radius 3 is 2.25 bits per heavy atom. The standard InChI is InChI=1S/C6H5FNO2S.K/c7-5-2-1-3-6(4-5)11(8,9)10;/h1-4H,(H-,8,9,10);/q-1;+1. The first-order chi connectivity index (χ1) is 5.00. The molecule has 0 saturated carbocycles. The first-order valence-corrected chi connectivity index (χ1v) is 4.24. The molecule has 0 aliphatic carbocycles. The zero-order valence-corrected chi connectivity index (χ0v) is 10.4. The third-order valence-corrected chi connectivity index (χ3v) is 1.98. The second-order valence-corrected chi connectivity index (χ2v) is 3.44. The minimum Gasteiger partial charge on any atom is -0.560 e. The van der Waals surface area contributed by atoms with E-state index in [9.17, 15) is 12.8 Å². The van der Waals surface area contributed by atoms with Gasteiger partial charge in [0.05, 0.1) is 14.9 Å². The van der Waals surface area contributed by atoms with Gasteiger partial charge in [-0.2, -0.15) is 0 Å². The molecule has 3 nitrogen and oxygen atoms in total. The second kappa shape index (κ2) is 4.80. The molecule has 0 spiro atoms. The second-order valence-electron chi connectivity index (χ2n) is 1.96. The van der Waals surface area contributed by atoms with E-state index in [2.05, 4.69) is 0 Å². The Bertz CT molecular complexity index is 366. The zero-order valence-electron chi connectivity index (χ0n) is 6.41. The van der Waals surface area contributed by atoms with Gasteiger partial charge in [0.1, 0.15) is 5.82 Å². The molecule has 0 unspecified atom stereocenters. The summed E-state index contributed by atoms with van der Waals surface area (Å²) in [7, 11) is -4.02. The molecule has 6 heteroatoms. The summed E-state index contributed by atoms with van der Waals surface area (Å²) in [6.07, 6.45) is 0. The molecule has 0 aliphatic heterocycles. The van der Waals surface area contributed by atoms with Crippen molar-refractivity contribution in [2.45, 2.75) is 4.90 Å². The van der Waals surface area contributed by atoms with Crippen molar-refractivity contribution in [1.29, 1.82) is 0 Å². The molecule has 1 aromatic carbocycles. The van der Waals surface area contributed by atoms with Crippen molar-refractivity contribution in [3.05, 3.63) is 35.2 Å². The number of nitrogens with one attached hydrogen (secondary N) is 1. The molecule has 0 amide bonds. The summed E-state index contributed by atoms with van der Waals surface area (Å²) in [6, 6.07) is 4.35. The molecule has 1 N–H and O–H groups in total. The number of hydrogen-bond donors (Lipinski definition) is 0. The summed E-state index contributed by atoms with van der Waals surface area (Å²) in [4.78, 5) is -0.322. The average Bonchev–Trinajstić information content (AvgIpc) is 1.86. The third kappa shape index (κ3) is 3.61. The minimum absolute atomic E-state index is 0. The van der Waals surface area contributed by atoms with Crippen molar-refractivity contribution in [2.75, 3.05) is 0 Å². The minimum atomic E-state index is -4.02. The molecule has 0 aromatic heterocycles. The Kier molecular flexibility index (Phi) is 5.08. The SMILES string of the molecule is [K+].[NH-]S(=O)(=O)c1cccc(F)c1. The molecule has 0 aliphatic rings. The topological polar surface area (TPSA) is 57.9 Å². The van der Waals surface area contributed by atoms with E-state index in [0.29, 0.717) is 0 Å². The Morgan fingerprint density at radius 2 is 1.92 bits per heavy atom. The van der Waals surface area contributed by atoms with Crippen molar-refractivity contribution >= 4 is 10.0 Å². The first-order valence-electron chi connectivity index (χ1n) is 2.75. The van der Waals surface area contributed by atoms with Crippen LogP contribution >= 0.6 is 0 Å². The molecular formula is C6H5FKNO2S. The summed E-state index contributed by atoms with van der Waals surface area (Å²) in [5, 5.41) is 6.58. The zero-order chi connectivity index (χ0) is 8.48. The van der Waals surface area contributed by atoms with Crippen LogP contribution in [0.3, 0.4) is 0 Å². The molecule has 1 rings (SSSR count). The summed E-state index contributed by atoms with van der Waals surface area (Å²) in [5.41, 5.74) is 0. The summed E-state index contributed by atoms with van der Waals surface area (Å²) in [5.74, 6) is -0.654. The third-order valence-electron chi connectivity index (χ3n) is 1.11. The average molecular weight is 213 g/mol. The first kappa shape index (κ1) is 12.7. The van der Waals surface area contributed by atoms with Gasteiger partial charge < -0.3 is 5.14 Å². The van der Waals surface area contributed by atoms with E-state index in [-0.39, 0.29) is 56.3 Å². The van der Waals surface area contributed by atoms with Crippen LogP contribution in [0.5, 0.6) is 0 Å². The molecule has 12 heavy (non-hydrogen) atoms. The number of rotatable bonds is 1. The van der Waals surface area contributed by atoms with Crippen LogP contribution in [-0.4, -0.2) is 8.42 Å². The Hall–Kier alpha value is 0.696. The van der Waals surface area contributed by atoms with Gasteiger partial charge in [-0.25, -0.2) is 12.8 Å². The van der Waals surface area contributed by atoms with Crippen LogP contribution in [0.1, 0.15) is 0 Å². The van der Waals surface area contributed by atoms with Gasteiger partial charge in [0, 0.05) is 0 Å². The van der Waals surface area contributed by atoms with Crippen LogP contribution in [0.15, 0.2) is 29.2 Å². The molecule has 0 atom stereocenters. The van der Waals surface area contributed by atoms with Crippen molar-refractivity contribution in [3.63, 3.8) is 0 Å². The summed E-state index contributed by atoms with van der Waals surface area (Å²) >= 11 is 0. The number of halogens is 1. The van der Waals surface area contributed by atoms with E-state index in [0.717, 1.165) is 12.1 Å². The number of benzene rings is 1. The molecule has 0 bridgehead atoms. The molecule has 0 radical (unpaired) electrons. The van der Waals surface area contributed by atoms with Crippen molar-refractivity contribution in [1.82, 2.24) is 0 Å². The van der Waals surface area contributed by atoms with Crippen LogP contribution in [0.2, 0.25) is 0 Å². The van der Waals surface area contributed by atoms with Gasteiger partial charge in [-0.3, -0.25) is 0 Å². The monoisotopic (exact) mass is 213 g/mol. The van der Waals surface area contributed by atoms with Gasteiger partial charge in [-0.05, 0) is 18.2 Å². The largest absolute Gasteiger partial charge is 1.00 e. The number of sulfonamides is 1. The van der Waals surface area contributed by atoms with Crippen molar-refractivity contribution in [3.8, 4) is 0 Å². The maximum Gasteiger partial charge on any atom is 1.00 e. The molecule has 0 saturated heterocycles. The summed E-state index contributed by atoms with van der Waals surface area (Å²) in [6.45, 7) is 0. The van der Waals surface area contributed by atoms with E-state index >= 15 is 0 Å².